The highest BCUT2D eigenvalue weighted by atomic mass is 16.3. The number of aromatic hydroxyl groups is 1. The Morgan fingerprint density at radius 2 is 1.59 bits per heavy atom. The molecule has 0 saturated heterocycles. The Bertz CT molecular complexity index is 745. The lowest BCUT2D eigenvalue weighted by molar-refractivity contribution is 0.474. The summed E-state index contributed by atoms with van der Waals surface area (Å²) in [7, 11) is 0. The molecule has 3 nitrogen and oxygen atoms in total. The summed E-state index contributed by atoms with van der Waals surface area (Å²) in [6.07, 6.45) is 8.27. The Labute approximate surface area is 131 Å². The average molecular weight is 294 g/mol. The van der Waals surface area contributed by atoms with Gasteiger partial charge >= 0.3 is 0 Å². The van der Waals surface area contributed by atoms with Crippen LogP contribution < -0.4 is 0 Å². The van der Waals surface area contributed by atoms with E-state index in [2.05, 4.69) is 41.6 Å². The van der Waals surface area contributed by atoms with E-state index >= 15 is 0 Å². The number of imidazole rings is 1. The maximum absolute atomic E-state index is 9.37. The molecule has 0 bridgehead atoms. The van der Waals surface area contributed by atoms with Crippen LogP contribution in [0.5, 0.6) is 5.75 Å². The zero-order valence-electron chi connectivity index (χ0n) is 13.1. The molecule has 1 aromatic carbocycles. The summed E-state index contributed by atoms with van der Waals surface area (Å²) in [5, 5.41) is 9.37. The number of aromatic nitrogens is 2. The fourth-order valence-corrected chi connectivity index (χ4v) is 2.86. The van der Waals surface area contributed by atoms with Gasteiger partial charge < -0.3 is 9.51 Å². The van der Waals surface area contributed by atoms with E-state index in [9.17, 15) is 5.11 Å². The van der Waals surface area contributed by atoms with Crippen LogP contribution in [0.15, 0.2) is 55.0 Å². The van der Waals surface area contributed by atoms with Gasteiger partial charge in [-0.25, -0.2) is 4.98 Å². The molecule has 2 heterocycles. The van der Waals surface area contributed by atoms with Crippen LogP contribution in [0.2, 0.25) is 0 Å². The molecular formula is C19H22N2O. The molecule has 0 saturated carbocycles. The SMILES string of the molecule is CC(CCC(C)c1ccc2nccn2c1)c1ccc(O)cc1. The fraction of sp³-hybridized carbons (Fsp3) is 0.316. The molecule has 3 rings (SSSR count). The number of hydrogen-bond acceptors (Lipinski definition) is 2. The monoisotopic (exact) mass is 294 g/mol. The van der Waals surface area contributed by atoms with Gasteiger partial charge in [-0.1, -0.05) is 32.0 Å². The van der Waals surface area contributed by atoms with Gasteiger partial charge in [-0.15, -0.1) is 0 Å². The highest BCUT2D eigenvalue weighted by Crippen LogP contribution is 2.28. The van der Waals surface area contributed by atoms with Crippen molar-refractivity contribution in [3.63, 3.8) is 0 Å². The molecule has 0 fully saturated rings. The van der Waals surface area contributed by atoms with Crippen molar-refractivity contribution in [2.24, 2.45) is 0 Å². The van der Waals surface area contributed by atoms with Crippen molar-refractivity contribution in [3.05, 3.63) is 66.1 Å². The summed E-state index contributed by atoms with van der Waals surface area (Å²) in [5.74, 6) is 1.35. The van der Waals surface area contributed by atoms with E-state index in [4.69, 9.17) is 0 Å². The van der Waals surface area contributed by atoms with Gasteiger partial charge in [0.05, 0.1) is 0 Å². The average Bonchev–Trinajstić information content (AvgIpc) is 3.00. The lowest BCUT2D eigenvalue weighted by atomic mass is 9.90. The molecule has 114 valence electrons. The van der Waals surface area contributed by atoms with Gasteiger partial charge in [0.2, 0.25) is 0 Å². The Kier molecular flexibility index (Phi) is 4.14. The Morgan fingerprint density at radius 3 is 2.32 bits per heavy atom. The molecule has 0 aliphatic rings. The maximum Gasteiger partial charge on any atom is 0.136 e. The van der Waals surface area contributed by atoms with Crippen LogP contribution in [-0.2, 0) is 0 Å². The van der Waals surface area contributed by atoms with Crippen LogP contribution >= 0.6 is 0 Å². The zero-order chi connectivity index (χ0) is 15.5. The van der Waals surface area contributed by atoms with Crippen LogP contribution in [0.3, 0.4) is 0 Å². The van der Waals surface area contributed by atoms with Crippen molar-refractivity contribution in [1.29, 1.82) is 0 Å². The Hall–Kier alpha value is -2.29. The predicted octanol–water partition coefficient (Wildman–Crippen LogP) is 4.73. The van der Waals surface area contributed by atoms with Crippen molar-refractivity contribution in [2.75, 3.05) is 0 Å². The summed E-state index contributed by atoms with van der Waals surface area (Å²) in [6.45, 7) is 4.53. The first-order chi connectivity index (χ1) is 10.6. The molecule has 2 atom stereocenters. The number of phenols is 1. The van der Waals surface area contributed by atoms with Crippen LogP contribution in [-0.4, -0.2) is 14.5 Å². The first kappa shape index (κ1) is 14.6. The van der Waals surface area contributed by atoms with E-state index in [1.165, 1.54) is 11.1 Å². The molecule has 3 aromatic rings. The van der Waals surface area contributed by atoms with Crippen LogP contribution in [0.25, 0.3) is 5.65 Å². The molecule has 0 radical (unpaired) electrons. The van der Waals surface area contributed by atoms with Gasteiger partial charge in [0.15, 0.2) is 0 Å². The summed E-state index contributed by atoms with van der Waals surface area (Å²) in [4.78, 5) is 4.28. The molecule has 2 unspecified atom stereocenters. The van der Waals surface area contributed by atoms with Gasteiger partial charge in [0, 0.05) is 18.6 Å². The predicted molar refractivity (Wildman–Crippen MR) is 89.4 cm³/mol. The minimum absolute atomic E-state index is 0.331. The fourth-order valence-electron chi connectivity index (χ4n) is 2.86. The third-order valence-electron chi connectivity index (χ3n) is 4.48. The summed E-state index contributed by atoms with van der Waals surface area (Å²) >= 11 is 0. The molecule has 1 N–H and O–H groups in total. The highest BCUT2D eigenvalue weighted by Gasteiger charge is 2.11. The molecule has 0 amide bonds. The zero-order valence-corrected chi connectivity index (χ0v) is 13.1. The molecule has 2 aromatic heterocycles. The van der Waals surface area contributed by atoms with Crippen LogP contribution in [0.1, 0.15) is 49.7 Å². The van der Waals surface area contributed by atoms with Crippen LogP contribution in [0.4, 0.5) is 0 Å². The second kappa shape index (κ2) is 6.22. The summed E-state index contributed by atoms with van der Waals surface area (Å²) in [5.41, 5.74) is 3.63. The first-order valence-electron chi connectivity index (χ1n) is 7.85. The quantitative estimate of drug-likeness (QED) is 0.739. The van der Waals surface area contributed by atoms with Crippen molar-refractivity contribution in [3.8, 4) is 5.75 Å². The van der Waals surface area contributed by atoms with Gasteiger partial charge in [0.25, 0.3) is 0 Å². The third kappa shape index (κ3) is 3.14. The number of pyridine rings is 1. The van der Waals surface area contributed by atoms with Gasteiger partial charge in [0.1, 0.15) is 11.4 Å². The maximum atomic E-state index is 9.37. The standard InChI is InChI=1S/C19H22N2O/c1-14(16-5-8-18(22)9-6-16)3-4-15(2)17-7-10-19-20-11-12-21(19)13-17/h5-15,22H,3-4H2,1-2H3. The largest absolute Gasteiger partial charge is 0.508 e. The van der Waals surface area contributed by atoms with E-state index in [1.54, 1.807) is 12.1 Å². The van der Waals surface area contributed by atoms with E-state index in [-0.39, 0.29) is 0 Å². The molecular weight excluding hydrogens is 272 g/mol. The molecule has 0 spiro atoms. The third-order valence-corrected chi connectivity index (χ3v) is 4.48. The number of benzene rings is 1. The van der Waals surface area contributed by atoms with Gasteiger partial charge in [-0.2, -0.15) is 0 Å². The lowest BCUT2D eigenvalue weighted by Crippen LogP contribution is -2.00. The Morgan fingerprint density at radius 1 is 0.955 bits per heavy atom. The number of rotatable bonds is 5. The second-order valence-corrected chi connectivity index (χ2v) is 6.13. The molecule has 3 heteroatoms. The molecule has 22 heavy (non-hydrogen) atoms. The number of fused-ring (bicyclic) bond motifs is 1. The van der Waals surface area contributed by atoms with Crippen LogP contribution in [0, 0.1) is 0 Å². The minimum Gasteiger partial charge on any atom is -0.508 e. The number of nitrogens with zero attached hydrogens (tertiary/aromatic N) is 2. The van der Waals surface area contributed by atoms with Gasteiger partial charge in [-0.3, -0.25) is 0 Å². The van der Waals surface area contributed by atoms with E-state index in [1.807, 2.05) is 24.5 Å². The number of phenolic OH excluding ortho intramolecular Hbond substituents is 1. The van der Waals surface area contributed by atoms with E-state index in [0.717, 1.165) is 18.5 Å². The number of hydrogen-bond donors (Lipinski definition) is 1. The topological polar surface area (TPSA) is 37.5 Å². The smallest absolute Gasteiger partial charge is 0.136 e. The van der Waals surface area contributed by atoms with E-state index in [0.29, 0.717) is 17.6 Å². The molecule has 0 aliphatic carbocycles. The molecule has 0 aliphatic heterocycles. The summed E-state index contributed by atoms with van der Waals surface area (Å²) in [6, 6.07) is 11.8. The van der Waals surface area contributed by atoms with Crippen molar-refractivity contribution in [1.82, 2.24) is 9.38 Å². The Balaban J connectivity index is 1.63. The second-order valence-electron chi connectivity index (χ2n) is 6.13. The van der Waals surface area contributed by atoms with Crippen molar-refractivity contribution in [2.45, 2.75) is 38.5 Å². The minimum atomic E-state index is 0.331. The van der Waals surface area contributed by atoms with Crippen molar-refractivity contribution >= 4 is 5.65 Å². The van der Waals surface area contributed by atoms with Crippen molar-refractivity contribution < 1.29 is 5.11 Å². The normalized spacial score (nSPS) is 14.1. The summed E-state index contributed by atoms with van der Waals surface area (Å²) < 4.78 is 2.08. The van der Waals surface area contributed by atoms with E-state index < -0.39 is 0 Å². The highest BCUT2D eigenvalue weighted by molar-refractivity contribution is 5.40. The lowest BCUT2D eigenvalue weighted by Gasteiger charge is -2.16. The first-order valence-corrected chi connectivity index (χ1v) is 7.85. The van der Waals surface area contributed by atoms with Gasteiger partial charge in [-0.05, 0) is 54.0 Å².